The van der Waals surface area contributed by atoms with Gasteiger partial charge in [0.25, 0.3) is 5.91 Å². The SMILES string of the molecule is CC1CCN(C(=O)c2cccc(NC(=O)CN3CCCc4ccccc43)c2)CC1. The zero-order chi connectivity index (χ0) is 20.2. The van der Waals surface area contributed by atoms with Crippen LogP contribution in [0.2, 0.25) is 0 Å². The molecule has 152 valence electrons. The van der Waals surface area contributed by atoms with E-state index in [0.29, 0.717) is 23.7 Å². The Bertz CT molecular complexity index is 887. The maximum Gasteiger partial charge on any atom is 0.253 e. The van der Waals surface area contributed by atoms with Crippen LogP contribution in [-0.4, -0.2) is 42.9 Å². The predicted octanol–water partition coefficient (Wildman–Crippen LogP) is 3.95. The van der Waals surface area contributed by atoms with Gasteiger partial charge in [0.1, 0.15) is 0 Å². The van der Waals surface area contributed by atoms with Crippen molar-refractivity contribution in [2.24, 2.45) is 5.92 Å². The molecule has 1 N–H and O–H groups in total. The van der Waals surface area contributed by atoms with Crippen LogP contribution >= 0.6 is 0 Å². The lowest BCUT2D eigenvalue weighted by Crippen LogP contribution is -2.38. The first-order valence-electron chi connectivity index (χ1n) is 10.6. The fraction of sp³-hybridized carbons (Fsp3) is 0.417. The van der Waals surface area contributed by atoms with Crippen molar-refractivity contribution in [3.8, 4) is 0 Å². The fourth-order valence-corrected chi connectivity index (χ4v) is 4.27. The second kappa shape index (κ2) is 8.68. The van der Waals surface area contributed by atoms with Crippen LogP contribution in [0.5, 0.6) is 0 Å². The van der Waals surface area contributed by atoms with Gasteiger partial charge in [0.05, 0.1) is 6.54 Å². The molecule has 4 rings (SSSR count). The Morgan fingerprint density at radius 3 is 2.66 bits per heavy atom. The summed E-state index contributed by atoms with van der Waals surface area (Å²) in [6.45, 7) is 5.06. The van der Waals surface area contributed by atoms with Gasteiger partial charge in [-0.3, -0.25) is 9.59 Å². The number of likely N-dealkylation sites (tertiary alicyclic amines) is 1. The number of nitrogens with one attached hydrogen (secondary N) is 1. The van der Waals surface area contributed by atoms with E-state index in [1.54, 1.807) is 6.07 Å². The van der Waals surface area contributed by atoms with E-state index in [4.69, 9.17) is 0 Å². The monoisotopic (exact) mass is 391 g/mol. The molecule has 2 aromatic rings. The molecule has 0 radical (unpaired) electrons. The minimum absolute atomic E-state index is 0.0537. The highest BCUT2D eigenvalue weighted by atomic mass is 16.2. The summed E-state index contributed by atoms with van der Waals surface area (Å²) in [5.74, 6) is 0.681. The topological polar surface area (TPSA) is 52.7 Å². The van der Waals surface area contributed by atoms with Crippen molar-refractivity contribution >= 4 is 23.2 Å². The van der Waals surface area contributed by atoms with E-state index in [0.717, 1.165) is 51.0 Å². The van der Waals surface area contributed by atoms with Crippen molar-refractivity contribution in [3.05, 3.63) is 59.7 Å². The largest absolute Gasteiger partial charge is 0.362 e. The molecule has 0 aromatic heterocycles. The van der Waals surface area contributed by atoms with Gasteiger partial charge in [-0.25, -0.2) is 0 Å². The summed E-state index contributed by atoms with van der Waals surface area (Å²) in [5, 5.41) is 2.97. The summed E-state index contributed by atoms with van der Waals surface area (Å²) >= 11 is 0. The molecule has 5 nitrogen and oxygen atoms in total. The number of anilines is 2. The van der Waals surface area contributed by atoms with Gasteiger partial charge in [-0.2, -0.15) is 0 Å². The van der Waals surface area contributed by atoms with Gasteiger partial charge in [-0.1, -0.05) is 31.2 Å². The maximum absolute atomic E-state index is 12.8. The van der Waals surface area contributed by atoms with Gasteiger partial charge in [0.15, 0.2) is 0 Å². The van der Waals surface area contributed by atoms with Crippen LogP contribution in [0.25, 0.3) is 0 Å². The summed E-state index contributed by atoms with van der Waals surface area (Å²) in [6.07, 6.45) is 4.23. The number of carbonyl (C=O) groups is 2. The summed E-state index contributed by atoms with van der Waals surface area (Å²) in [6, 6.07) is 15.6. The molecular formula is C24H29N3O2. The minimum Gasteiger partial charge on any atom is -0.362 e. The second-order valence-corrected chi connectivity index (χ2v) is 8.26. The number of benzene rings is 2. The maximum atomic E-state index is 12.8. The van der Waals surface area contributed by atoms with Crippen molar-refractivity contribution in [3.63, 3.8) is 0 Å². The molecule has 1 fully saturated rings. The molecule has 5 heteroatoms. The number of hydrogen-bond donors (Lipinski definition) is 1. The van der Waals surface area contributed by atoms with E-state index in [1.807, 2.05) is 35.2 Å². The van der Waals surface area contributed by atoms with Crippen molar-refractivity contribution in [2.45, 2.75) is 32.6 Å². The molecule has 2 heterocycles. The van der Waals surface area contributed by atoms with Gasteiger partial charge >= 0.3 is 0 Å². The highest BCUT2D eigenvalue weighted by molar-refractivity contribution is 5.98. The molecule has 0 bridgehead atoms. The number of nitrogens with zero attached hydrogens (tertiary/aromatic N) is 2. The Labute approximate surface area is 172 Å². The number of aryl methyl sites for hydroxylation is 1. The van der Waals surface area contributed by atoms with Crippen LogP contribution in [0.3, 0.4) is 0 Å². The van der Waals surface area contributed by atoms with Crippen LogP contribution in [0.4, 0.5) is 11.4 Å². The highest BCUT2D eigenvalue weighted by Gasteiger charge is 2.22. The molecule has 0 spiro atoms. The van der Waals surface area contributed by atoms with E-state index in [2.05, 4.69) is 29.3 Å². The van der Waals surface area contributed by atoms with Gasteiger partial charge < -0.3 is 15.1 Å². The Kier molecular flexibility index (Phi) is 5.84. The Morgan fingerprint density at radius 2 is 1.83 bits per heavy atom. The lowest BCUT2D eigenvalue weighted by molar-refractivity contribution is -0.115. The minimum atomic E-state index is -0.0573. The summed E-state index contributed by atoms with van der Waals surface area (Å²) in [5.41, 5.74) is 3.77. The second-order valence-electron chi connectivity index (χ2n) is 8.26. The first-order valence-corrected chi connectivity index (χ1v) is 10.6. The molecule has 0 aliphatic carbocycles. The molecular weight excluding hydrogens is 362 g/mol. The zero-order valence-corrected chi connectivity index (χ0v) is 17.1. The van der Waals surface area contributed by atoms with Crippen molar-refractivity contribution < 1.29 is 9.59 Å². The average molecular weight is 392 g/mol. The molecule has 2 aromatic carbocycles. The van der Waals surface area contributed by atoms with Crippen molar-refractivity contribution in [1.82, 2.24) is 4.90 Å². The molecule has 0 saturated carbocycles. The summed E-state index contributed by atoms with van der Waals surface area (Å²) in [4.78, 5) is 29.5. The first kappa shape index (κ1) is 19.5. The van der Waals surface area contributed by atoms with Crippen LogP contribution in [-0.2, 0) is 11.2 Å². The molecule has 2 amide bonds. The van der Waals surface area contributed by atoms with E-state index < -0.39 is 0 Å². The van der Waals surface area contributed by atoms with Crippen molar-refractivity contribution in [2.75, 3.05) is 36.4 Å². The number of amides is 2. The summed E-state index contributed by atoms with van der Waals surface area (Å²) in [7, 11) is 0. The van der Waals surface area contributed by atoms with E-state index in [9.17, 15) is 9.59 Å². The van der Waals surface area contributed by atoms with Gasteiger partial charge in [-0.05, 0) is 61.4 Å². The molecule has 29 heavy (non-hydrogen) atoms. The lowest BCUT2D eigenvalue weighted by Gasteiger charge is -2.31. The molecule has 2 aliphatic heterocycles. The van der Waals surface area contributed by atoms with Crippen molar-refractivity contribution in [1.29, 1.82) is 0 Å². The fourth-order valence-electron chi connectivity index (χ4n) is 4.27. The third kappa shape index (κ3) is 4.61. The lowest BCUT2D eigenvalue weighted by atomic mass is 9.98. The normalized spacial score (nSPS) is 17.0. The Morgan fingerprint density at radius 1 is 1.03 bits per heavy atom. The molecule has 2 aliphatic rings. The Balaban J connectivity index is 1.39. The first-order chi connectivity index (χ1) is 14.1. The average Bonchev–Trinajstić information content (AvgIpc) is 2.74. The number of fused-ring (bicyclic) bond motifs is 1. The van der Waals surface area contributed by atoms with Gasteiger partial charge in [0.2, 0.25) is 5.91 Å². The number of hydrogen-bond acceptors (Lipinski definition) is 3. The summed E-state index contributed by atoms with van der Waals surface area (Å²) < 4.78 is 0. The van der Waals surface area contributed by atoms with Crippen LogP contribution < -0.4 is 10.2 Å². The standard InChI is InChI=1S/C24H29N3O2/c1-18-11-14-26(15-12-18)24(29)20-7-4-9-21(16-20)25-23(28)17-27-13-5-8-19-6-2-3-10-22(19)27/h2-4,6-7,9-10,16,18H,5,8,11-15,17H2,1H3,(H,25,28). The Hall–Kier alpha value is -2.82. The number of carbonyl (C=O) groups excluding carboxylic acids is 2. The smallest absolute Gasteiger partial charge is 0.253 e. The van der Waals surface area contributed by atoms with Crippen LogP contribution in [0, 0.1) is 5.92 Å². The third-order valence-corrected chi connectivity index (χ3v) is 6.01. The van der Waals surface area contributed by atoms with Gasteiger partial charge in [-0.15, -0.1) is 0 Å². The third-order valence-electron chi connectivity index (χ3n) is 6.01. The zero-order valence-electron chi connectivity index (χ0n) is 17.1. The molecule has 0 atom stereocenters. The van der Waals surface area contributed by atoms with Crippen LogP contribution in [0.1, 0.15) is 42.1 Å². The predicted molar refractivity (Wildman–Crippen MR) is 116 cm³/mol. The molecule has 1 saturated heterocycles. The number of para-hydroxylation sites is 1. The number of piperidine rings is 1. The van der Waals surface area contributed by atoms with Gasteiger partial charge in [0, 0.05) is 36.6 Å². The number of rotatable bonds is 4. The van der Waals surface area contributed by atoms with E-state index in [1.165, 1.54) is 5.56 Å². The van der Waals surface area contributed by atoms with E-state index in [-0.39, 0.29) is 11.8 Å². The van der Waals surface area contributed by atoms with E-state index >= 15 is 0 Å². The van der Waals surface area contributed by atoms with Crippen LogP contribution in [0.15, 0.2) is 48.5 Å². The highest BCUT2D eigenvalue weighted by Crippen LogP contribution is 2.26. The molecule has 0 unspecified atom stereocenters. The quantitative estimate of drug-likeness (QED) is 0.859.